The quantitative estimate of drug-likeness (QED) is 0.479. The highest BCUT2D eigenvalue weighted by Gasteiger charge is 2.22. The summed E-state index contributed by atoms with van der Waals surface area (Å²) in [5.74, 6) is 2.09. The summed E-state index contributed by atoms with van der Waals surface area (Å²) in [6, 6.07) is 15.2. The van der Waals surface area contributed by atoms with E-state index in [9.17, 15) is 4.79 Å². The van der Waals surface area contributed by atoms with Crippen LogP contribution in [0.1, 0.15) is 11.3 Å². The van der Waals surface area contributed by atoms with Gasteiger partial charge < -0.3 is 9.15 Å². The average molecular weight is 250 g/mol. The zero-order valence-electron chi connectivity index (χ0n) is 10.1. The van der Waals surface area contributed by atoms with Crippen molar-refractivity contribution < 1.29 is 9.15 Å². The molecule has 0 N–H and O–H groups in total. The molecule has 0 spiro atoms. The summed E-state index contributed by atoms with van der Waals surface area (Å²) in [4.78, 5) is 11.9. The van der Waals surface area contributed by atoms with Gasteiger partial charge in [0.1, 0.15) is 5.75 Å². The summed E-state index contributed by atoms with van der Waals surface area (Å²) in [5.41, 5.74) is 0.728. The highest BCUT2D eigenvalue weighted by Crippen LogP contribution is 2.39. The lowest BCUT2D eigenvalue weighted by atomic mass is 10.0. The first-order chi connectivity index (χ1) is 9.33. The molecule has 1 aliphatic heterocycles. The normalized spacial score (nSPS) is 12.6. The number of benzene rings is 2. The van der Waals surface area contributed by atoms with Crippen LogP contribution in [0.5, 0.6) is 11.5 Å². The van der Waals surface area contributed by atoms with Gasteiger partial charge in [0.2, 0.25) is 0 Å². The molecule has 0 saturated heterocycles. The molecule has 0 atom stereocenters. The third-order valence-corrected chi connectivity index (χ3v) is 3.40. The number of hydrogen-bond acceptors (Lipinski definition) is 3. The van der Waals surface area contributed by atoms with Gasteiger partial charge in [-0.05, 0) is 12.1 Å². The molecule has 0 unspecified atom stereocenters. The van der Waals surface area contributed by atoms with Crippen LogP contribution >= 0.6 is 0 Å². The van der Waals surface area contributed by atoms with Gasteiger partial charge in [-0.1, -0.05) is 36.4 Å². The second kappa shape index (κ2) is 3.72. The molecule has 92 valence electrons. The minimum absolute atomic E-state index is 0.308. The van der Waals surface area contributed by atoms with Crippen LogP contribution in [0.4, 0.5) is 0 Å². The molecule has 0 fully saturated rings. The SMILES string of the molecule is O=c1oc2c(c3ccccc13)Oc1ccccc1C2. The number of ether oxygens (including phenoxy) is 1. The number of fused-ring (bicyclic) bond motifs is 4. The highest BCUT2D eigenvalue weighted by atomic mass is 16.5. The maximum absolute atomic E-state index is 11.9. The van der Waals surface area contributed by atoms with Crippen molar-refractivity contribution in [1.82, 2.24) is 0 Å². The Labute approximate surface area is 109 Å². The van der Waals surface area contributed by atoms with Crippen molar-refractivity contribution in [2.24, 2.45) is 0 Å². The Morgan fingerprint density at radius 2 is 1.63 bits per heavy atom. The van der Waals surface area contributed by atoms with Crippen molar-refractivity contribution in [3.8, 4) is 11.5 Å². The van der Waals surface area contributed by atoms with Crippen molar-refractivity contribution in [2.45, 2.75) is 6.42 Å². The summed E-state index contributed by atoms with van der Waals surface area (Å²) >= 11 is 0. The molecule has 19 heavy (non-hydrogen) atoms. The largest absolute Gasteiger partial charge is 0.453 e. The first-order valence-electron chi connectivity index (χ1n) is 6.13. The molecule has 2 aromatic carbocycles. The van der Waals surface area contributed by atoms with Crippen molar-refractivity contribution in [3.63, 3.8) is 0 Å². The maximum Gasteiger partial charge on any atom is 0.344 e. The summed E-state index contributed by atoms with van der Waals surface area (Å²) in [5, 5.41) is 1.36. The zero-order valence-corrected chi connectivity index (χ0v) is 10.1. The molecular formula is C16H10O3. The first-order valence-corrected chi connectivity index (χ1v) is 6.13. The monoisotopic (exact) mass is 250 g/mol. The first kappa shape index (κ1) is 10.4. The molecule has 2 heterocycles. The molecule has 0 bridgehead atoms. The standard InChI is InChI=1S/C16H10O3/c17-16-12-7-3-2-6-11(12)15-14(19-16)9-10-5-1-4-8-13(10)18-15/h1-8H,9H2. The predicted octanol–water partition coefficient (Wildman–Crippen LogP) is 3.49. The van der Waals surface area contributed by atoms with Gasteiger partial charge in [-0.15, -0.1) is 0 Å². The van der Waals surface area contributed by atoms with Gasteiger partial charge >= 0.3 is 5.63 Å². The van der Waals surface area contributed by atoms with E-state index in [0.717, 1.165) is 16.7 Å². The number of hydrogen-bond donors (Lipinski definition) is 0. The van der Waals surface area contributed by atoms with E-state index in [4.69, 9.17) is 9.15 Å². The second-order valence-electron chi connectivity index (χ2n) is 4.57. The molecule has 1 aliphatic rings. The Morgan fingerprint density at radius 3 is 2.53 bits per heavy atom. The predicted molar refractivity (Wildman–Crippen MR) is 71.8 cm³/mol. The van der Waals surface area contributed by atoms with Crippen molar-refractivity contribution in [3.05, 3.63) is 70.3 Å². The Hall–Kier alpha value is -2.55. The Bertz CT molecular complexity index is 846. The van der Waals surface area contributed by atoms with E-state index in [-0.39, 0.29) is 5.63 Å². The van der Waals surface area contributed by atoms with E-state index in [0.29, 0.717) is 23.3 Å². The summed E-state index contributed by atoms with van der Waals surface area (Å²) < 4.78 is 11.3. The number of rotatable bonds is 0. The Morgan fingerprint density at radius 1 is 0.895 bits per heavy atom. The van der Waals surface area contributed by atoms with Crippen LogP contribution < -0.4 is 10.4 Å². The Kier molecular flexibility index (Phi) is 2.03. The molecule has 0 radical (unpaired) electrons. The van der Waals surface area contributed by atoms with Crippen molar-refractivity contribution >= 4 is 10.8 Å². The van der Waals surface area contributed by atoms with Gasteiger partial charge in [0.15, 0.2) is 11.5 Å². The van der Waals surface area contributed by atoms with Crippen LogP contribution in [0.2, 0.25) is 0 Å². The van der Waals surface area contributed by atoms with Crippen LogP contribution in [-0.2, 0) is 6.42 Å². The highest BCUT2D eigenvalue weighted by molar-refractivity contribution is 5.88. The second-order valence-corrected chi connectivity index (χ2v) is 4.57. The lowest BCUT2D eigenvalue weighted by Gasteiger charge is -2.19. The molecule has 0 saturated carbocycles. The van der Waals surface area contributed by atoms with Gasteiger partial charge in [0.25, 0.3) is 0 Å². The van der Waals surface area contributed by atoms with Gasteiger partial charge in [-0.3, -0.25) is 0 Å². The summed E-state index contributed by atoms with van der Waals surface area (Å²) in [6.07, 6.45) is 0.589. The lowest BCUT2D eigenvalue weighted by molar-refractivity contribution is 0.392. The average Bonchev–Trinajstić information content (AvgIpc) is 2.46. The molecule has 1 aromatic heterocycles. The van der Waals surface area contributed by atoms with Crippen LogP contribution in [0.25, 0.3) is 10.8 Å². The smallest absolute Gasteiger partial charge is 0.344 e. The minimum Gasteiger partial charge on any atom is -0.453 e. The van der Waals surface area contributed by atoms with Gasteiger partial charge in [0, 0.05) is 17.4 Å². The fourth-order valence-corrected chi connectivity index (χ4v) is 2.48. The van der Waals surface area contributed by atoms with Crippen molar-refractivity contribution in [1.29, 1.82) is 0 Å². The van der Waals surface area contributed by atoms with Crippen LogP contribution in [-0.4, -0.2) is 0 Å². The zero-order chi connectivity index (χ0) is 12.8. The molecule has 3 nitrogen and oxygen atoms in total. The van der Waals surface area contributed by atoms with E-state index in [2.05, 4.69) is 0 Å². The maximum atomic E-state index is 11.9. The van der Waals surface area contributed by atoms with Gasteiger partial charge in [-0.2, -0.15) is 0 Å². The van der Waals surface area contributed by atoms with E-state index >= 15 is 0 Å². The Balaban J connectivity index is 2.04. The molecule has 4 rings (SSSR count). The van der Waals surface area contributed by atoms with Gasteiger partial charge in [-0.25, -0.2) is 4.79 Å². The van der Waals surface area contributed by atoms with E-state index in [1.54, 1.807) is 6.07 Å². The summed E-state index contributed by atoms with van der Waals surface area (Å²) in [7, 11) is 0. The van der Waals surface area contributed by atoms with E-state index < -0.39 is 0 Å². The molecule has 3 heteroatoms. The fourth-order valence-electron chi connectivity index (χ4n) is 2.48. The lowest BCUT2D eigenvalue weighted by Crippen LogP contribution is -2.09. The molecule has 3 aromatic rings. The molecular weight excluding hydrogens is 240 g/mol. The third-order valence-electron chi connectivity index (χ3n) is 3.40. The number of para-hydroxylation sites is 1. The van der Waals surface area contributed by atoms with Gasteiger partial charge in [0.05, 0.1) is 5.39 Å². The third kappa shape index (κ3) is 1.48. The molecule has 0 amide bonds. The van der Waals surface area contributed by atoms with E-state index in [1.807, 2.05) is 42.5 Å². The minimum atomic E-state index is -0.308. The molecule has 0 aliphatic carbocycles. The topological polar surface area (TPSA) is 39.4 Å². The van der Waals surface area contributed by atoms with E-state index in [1.165, 1.54) is 0 Å². The fraction of sp³-hybridized carbons (Fsp3) is 0.0625. The van der Waals surface area contributed by atoms with Crippen LogP contribution in [0.3, 0.4) is 0 Å². The van der Waals surface area contributed by atoms with Crippen molar-refractivity contribution in [2.75, 3.05) is 0 Å². The van der Waals surface area contributed by atoms with Crippen LogP contribution in [0.15, 0.2) is 57.7 Å². The van der Waals surface area contributed by atoms with Crippen LogP contribution in [0, 0.1) is 0 Å². The summed E-state index contributed by atoms with van der Waals surface area (Å²) in [6.45, 7) is 0.